The molecule has 1 amide bonds. The number of unbranched alkanes of at least 4 members (excludes halogenated alkanes) is 28. The lowest BCUT2D eigenvalue weighted by atomic mass is 9.99. The summed E-state index contributed by atoms with van der Waals surface area (Å²) in [7, 11) is 0. The molecule has 2 rings (SSSR count). The van der Waals surface area contributed by atoms with Gasteiger partial charge in [-0.1, -0.05) is 233 Å². The van der Waals surface area contributed by atoms with Crippen LogP contribution in [0.2, 0.25) is 0 Å². The smallest absolute Gasteiger partial charge is 0.220 e. The molecule has 338 valence electrons. The quantitative estimate of drug-likeness (QED) is 0.0352. The van der Waals surface area contributed by atoms with Crippen LogP contribution in [0.15, 0.2) is 50.6 Å². The van der Waals surface area contributed by atoms with Gasteiger partial charge < -0.3 is 15.5 Å². The second kappa shape index (κ2) is 38.5. The van der Waals surface area contributed by atoms with Crippen molar-refractivity contribution >= 4 is 44.9 Å². The third kappa shape index (κ3) is 29.7. The topological polar surface area (TPSA) is 82.5 Å². The summed E-state index contributed by atoms with van der Waals surface area (Å²) < 4.78 is 1.93. The number of benzene rings is 1. The third-order valence-corrected chi connectivity index (χ3v) is 14.4. The zero-order chi connectivity index (χ0) is 42.4. The molecule has 0 spiro atoms. The van der Waals surface area contributed by atoms with Crippen molar-refractivity contribution < 1.29 is 15.0 Å². The van der Waals surface area contributed by atoms with E-state index in [0.29, 0.717) is 18.6 Å². The molecule has 59 heavy (non-hydrogen) atoms. The van der Waals surface area contributed by atoms with E-state index in [-0.39, 0.29) is 5.91 Å². The number of nitrogens with zero attached hydrogens (tertiary/aromatic N) is 1. The molecule has 0 aliphatic heterocycles. The van der Waals surface area contributed by atoms with E-state index in [0.717, 1.165) is 45.8 Å². The van der Waals surface area contributed by atoms with E-state index in [1.54, 1.807) is 23.1 Å². The molecule has 3 atom stereocenters. The van der Waals surface area contributed by atoms with Crippen molar-refractivity contribution in [3.8, 4) is 11.3 Å². The third-order valence-electron chi connectivity index (χ3n) is 11.7. The van der Waals surface area contributed by atoms with Crippen LogP contribution in [0.3, 0.4) is 0 Å². The second-order valence-corrected chi connectivity index (χ2v) is 20.2. The number of aliphatic hydroxyl groups excluding tert-OH is 2. The minimum absolute atomic E-state index is 0.0322. The molecule has 8 heteroatoms. The molecule has 1 aromatic carbocycles. The summed E-state index contributed by atoms with van der Waals surface area (Å²) in [5.74, 6) is 0.432. The number of aliphatic hydroxyl groups is 2. The van der Waals surface area contributed by atoms with Gasteiger partial charge in [0.25, 0.3) is 0 Å². The molecule has 3 N–H and O–H groups in total. The Bertz CT molecular complexity index is 1270. The number of allylic oxidation sites excluding steroid dienone is 2. The molecule has 0 saturated carbocycles. The fourth-order valence-electron chi connectivity index (χ4n) is 7.79. The van der Waals surface area contributed by atoms with Gasteiger partial charge in [0.2, 0.25) is 5.91 Å². The van der Waals surface area contributed by atoms with Crippen LogP contribution >= 0.6 is 39.0 Å². The number of nitrogens with one attached hydrogen (secondary N) is 1. The monoisotopic (exact) mass is 919 g/mol. The minimum Gasteiger partial charge on any atom is -0.390 e. The molecular formula is C51H87BrN2O3S2. The van der Waals surface area contributed by atoms with Crippen molar-refractivity contribution in [3.63, 3.8) is 0 Å². The van der Waals surface area contributed by atoms with E-state index in [1.165, 1.54) is 173 Å². The highest BCUT2D eigenvalue weighted by Gasteiger charge is 2.28. The number of thioether (sulfide) groups is 1. The Kier molecular flexibility index (Phi) is 35.2. The number of carbonyl (C=O) groups is 1. The van der Waals surface area contributed by atoms with E-state index in [9.17, 15) is 15.0 Å². The zero-order valence-corrected chi connectivity index (χ0v) is 41.0. The molecule has 0 unspecified atom stereocenters. The predicted molar refractivity (Wildman–Crippen MR) is 263 cm³/mol. The first-order chi connectivity index (χ1) is 28.9. The summed E-state index contributed by atoms with van der Waals surface area (Å²) in [6.45, 7) is 4.55. The maximum atomic E-state index is 13.1. The standard InChI is InChI=1S/C51H87BrN2O3S2/c1-3-5-7-9-11-13-15-17-18-19-20-21-22-23-24-25-27-29-31-33-35-37-49(56)53-47(43-59-51-54-46(42-58-51)44-38-40-45(52)41-39-44)50(57)48(55)36-34-32-30-28-26-16-14-12-10-8-6-4-2/h17-18,38-42,47-48,50,55,57H,3-16,19-37,43H2,1-2H3,(H,53,56)/b18-17-/t47-,48+,50-/m0/s1. The molecule has 0 saturated heterocycles. The van der Waals surface area contributed by atoms with Crippen LogP contribution in [0, 0.1) is 0 Å². The first kappa shape index (κ1) is 53.9. The number of rotatable bonds is 41. The number of hydrogen-bond acceptors (Lipinski definition) is 6. The molecule has 1 heterocycles. The van der Waals surface area contributed by atoms with Crippen LogP contribution in [0.4, 0.5) is 0 Å². The van der Waals surface area contributed by atoms with Crippen molar-refractivity contribution in [1.82, 2.24) is 10.3 Å². The largest absolute Gasteiger partial charge is 0.390 e. The SMILES string of the molecule is CCCCCCCC/C=C\CCCCCCCCCCCCCC(=O)N[C@@H](CSc1nc(-c2ccc(Br)cc2)cs1)[C@H](O)[C@H](O)CCCCCCCCCCCCCC. The van der Waals surface area contributed by atoms with Gasteiger partial charge in [-0.15, -0.1) is 11.3 Å². The van der Waals surface area contributed by atoms with Gasteiger partial charge >= 0.3 is 0 Å². The highest BCUT2D eigenvalue weighted by molar-refractivity contribution is 9.10. The summed E-state index contributed by atoms with van der Waals surface area (Å²) in [4.78, 5) is 18.0. The Morgan fingerprint density at radius 2 is 1.10 bits per heavy atom. The molecule has 1 aromatic heterocycles. The maximum Gasteiger partial charge on any atom is 0.220 e. The van der Waals surface area contributed by atoms with E-state index in [2.05, 4.69) is 52.6 Å². The Morgan fingerprint density at radius 3 is 1.59 bits per heavy atom. The molecule has 0 radical (unpaired) electrons. The second-order valence-electron chi connectivity index (χ2n) is 17.2. The highest BCUT2D eigenvalue weighted by atomic mass is 79.9. The molecule has 0 bridgehead atoms. The average Bonchev–Trinajstić information content (AvgIpc) is 3.72. The van der Waals surface area contributed by atoms with Crippen LogP contribution in [0.25, 0.3) is 11.3 Å². The number of halogens is 1. The van der Waals surface area contributed by atoms with Crippen LogP contribution in [0.5, 0.6) is 0 Å². The van der Waals surface area contributed by atoms with E-state index in [1.807, 2.05) is 24.3 Å². The van der Waals surface area contributed by atoms with E-state index < -0.39 is 18.2 Å². The Balaban J connectivity index is 1.63. The first-order valence-electron chi connectivity index (χ1n) is 24.6. The number of hydrogen-bond donors (Lipinski definition) is 3. The number of aromatic nitrogens is 1. The van der Waals surface area contributed by atoms with Crippen molar-refractivity contribution in [2.24, 2.45) is 0 Å². The summed E-state index contributed by atoms with van der Waals surface area (Å²) in [5, 5.41) is 27.6. The Labute approximate surface area is 379 Å². The van der Waals surface area contributed by atoms with Crippen LogP contribution in [-0.2, 0) is 4.79 Å². The average molecular weight is 920 g/mol. The summed E-state index contributed by atoms with van der Waals surface area (Å²) in [6.07, 6.45) is 43.6. The van der Waals surface area contributed by atoms with Gasteiger partial charge in [0.15, 0.2) is 4.34 Å². The van der Waals surface area contributed by atoms with Crippen molar-refractivity contribution in [3.05, 3.63) is 46.3 Å². The zero-order valence-electron chi connectivity index (χ0n) is 37.8. The molecule has 5 nitrogen and oxygen atoms in total. The van der Waals surface area contributed by atoms with Crippen LogP contribution in [-0.4, -0.2) is 45.1 Å². The van der Waals surface area contributed by atoms with Crippen molar-refractivity contribution in [2.75, 3.05) is 5.75 Å². The highest BCUT2D eigenvalue weighted by Crippen LogP contribution is 2.30. The van der Waals surface area contributed by atoms with Gasteiger partial charge in [-0.05, 0) is 50.7 Å². The summed E-state index contributed by atoms with van der Waals surface area (Å²) >= 11 is 6.62. The van der Waals surface area contributed by atoms with Gasteiger partial charge in [-0.25, -0.2) is 4.98 Å². The predicted octanol–water partition coefficient (Wildman–Crippen LogP) is 16.3. The first-order valence-corrected chi connectivity index (χ1v) is 27.2. The van der Waals surface area contributed by atoms with Gasteiger partial charge in [0, 0.05) is 27.6 Å². The summed E-state index contributed by atoms with van der Waals surface area (Å²) in [5.41, 5.74) is 1.98. The summed E-state index contributed by atoms with van der Waals surface area (Å²) in [6, 6.07) is 7.59. The molecule has 2 aromatic rings. The van der Waals surface area contributed by atoms with E-state index >= 15 is 0 Å². The van der Waals surface area contributed by atoms with Gasteiger partial charge in [-0.3, -0.25) is 4.79 Å². The van der Waals surface area contributed by atoms with Gasteiger partial charge in [-0.2, -0.15) is 0 Å². The maximum absolute atomic E-state index is 13.1. The lowest BCUT2D eigenvalue weighted by molar-refractivity contribution is -0.123. The number of carbonyl (C=O) groups excluding carboxylic acids is 1. The molecular weight excluding hydrogens is 833 g/mol. The van der Waals surface area contributed by atoms with Gasteiger partial charge in [0.1, 0.15) is 6.10 Å². The lowest BCUT2D eigenvalue weighted by Crippen LogP contribution is -2.50. The Hall–Kier alpha value is -1.19. The lowest BCUT2D eigenvalue weighted by Gasteiger charge is -2.27. The van der Waals surface area contributed by atoms with Crippen LogP contribution in [0.1, 0.15) is 226 Å². The fraction of sp³-hybridized carbons (Fsp3) is 0.765. The van der Waals surface area contributed by atoms with Crippen molar-refractivity contribution in [1.29, 1.82) is 0 Å². The minimum atomic E-state index is -1.01. The normalized spacial score (nSPS) is 13.3. The van der Waals surface area contributed by atoms with E-state index in [4.69, 9.17) is 4.98 Å². The Morgan fingerprint density at radius 1 is 0.661 bits per heavy atom. The van der Waals surface area contributed by atoms with Crippen molar-refractivity contribution in [2.45, 2.75) is 248 Å². The molecule has 0 fully saturated rings. The fourth-order valence-corrected chi connectivity index (χ4v) is 10.00. The molecule has 0 aliphatic carbocycles. The van der Waals surface area contributed by atoms with Gasteiger partial charge in [0.05, 0.1) is 17.8 Å². The number of amides is 1. The number of thiazole rings is 1. The van der Waals surface area contributed by atoms with Crippen LogP contribution < -0.4 is 5.32 Å². The molecule has 0 aliphatic rings.